The van der Waals surface area contributed by atoms with Gasteiger partial charge in [-0.1, -0.05) is 18.6 Å². The molecule has 0 bridgehead atoms. The van der Waals surface area contributed by atoms with Crippen molar-refractivity contribution >= 4 is 16.9 Å². The van der Waals surface area contributed by atoms with Crippen molar-refractivity contribution in [1.29, 1.82) is 0 Å². The number of fused-ring (bicyclic) bond motifs is 1. The zero-order valence-corrected chi connectivity index (χ0v) is 20.4. The number of carbonyl (C=O) groups excluding carboxylic acids is 1. The molecule has 192 valence electrons. The lowest BCUT2D eigenvalue weighted by Gasteiger charge is -2.35. The van der Waals surface area contributed by atoms with Crippen LogP contribution < -0.4 is 5.32 Å². The predicted octanol–water partition coefficient (Wildman–Crippen LogP) is 5.10. The number of piperidine rings is 1. The first-order chi connectivity index (χ1) is 17.8. The molecular weight excluding hydrogens is 481 g/mol. The number of aromatic nitrogens is 4. The number of amides is 1. The Bertz CT molecular complexity index is 1380. The second-order valence-corrected chi connectivity index (χ2v) is 9.23. The number of benzene rings is 1. The summed E-state index contributed by atoms with van der Waals surface area (Å²) in [7, 11) is 0. The van der Waals surface area contributed by atoms with E-state index in [1.54, 1.807) is 35.4 Å². The maximum absolute atomic E-state index is 13.5. The van der Waals surface area contributed by atoms with Gasteiger partial charge in [-0.25, -0.2) is 15.0 Å². The number of rotatable bonds is 6. The van der Waals surface area contributed by atoms with Crippen LogP contribution in [0.25, 0.3) is 17.0 Å². The lowest BCUT2D eigenvalue weighted by molar-refractivity contribution is -0.137. The van der Waals surface area contributed by atoms with E-state index in [9.17, 15) is 18.0 Å². The lowest BCUT2D eigenvalue weighted by Crippen LogP contribution is -2.40. The Morgan fingerprint density at radius 3 is 2.38 bits per heavy atom. The smallest absolute Gasteiger partial charge is 0.350 e. The minimum Gasteiger partial charge on any atom is -0.350 e. The second-order valence-electron chi connectivity index (χ2n) is 9.23. The van der Waals surface area contributed by atoms with Gasteiger partial charge in [0.25, 0.3) is 5.91 Å². The Morgan fingerprint density at radius 2 is 1.70 bits per heavy atom. The third-order valence-electron chi connectivity index (χ3n) is 6.82. The molecule has 10 heteroatoms. The molecule has 0 aliphatic carbocycles. The zero-order valence-electron chi connectivity index (χ0n) is 20.4. The monoisotopic (exact) mass is 508 g/mol. The molecule has 1 unspecified atom stereocenters. The molecule has 7 nitrogen and oxygen atoms in total. The van der Waals surface area contributed by atoms with Gasteiger partial charge in [-0.3, -0.25) is 14.3 Å². The van der Waals surface area contributed by atoms with Gasteiger partial charge in [0.1, 0.15) is 5.65 Å². The molecule has 4 aromatic rings. The van der Waals surface area contributed by atoms with Crippen molar-refractivity contribution in [3.8, 4) is 5.95 Å². The number of carbonyl (C=O) groups is 1. The van der Waals surface area contributed by atoms with E-state index in [4.69, 9.17) is 0 Å². The highest BCUT2D eigenvalue weighted by Crippen LogP contribution is 2.32. The summed E-state index contributed by atoms with van der Waals surface area (Å²) in [5.41, 5.74) is 1.97. The van der Waals surface area contributed by atoms with Crippen molar-refractivity contribution in [1.82, 2.24) is 29.7 Å². The number of alkyl halides is 3. The van der Waals surface area contributed by atoms with Crippen molar-refractivity contribution in [3.05, 3.63) is 83.4 Å². The Hall–Kier alpha value is -3.79. The molecular formula is C27H27F3N6O. The molecule has 0 spiro atoms. The van der Waals surface area contributed by atoms with E-state index in [-0.39, 0.29) is 18.5 Å². The SMILES string of the molecule is Cc1ccnc2c1c(C(=O)NCC(c1ccc(C(F)(F)F)cc1)N1CCCCC1)cn2-c1ncccn1. The summed E-state index contributed by atoms with van der Waals surface area (Å²) in [4.78, 5) is 28.8. The van der Waals surface area contributed by atoms with Crippen LogP contribution >= 0.6 is 0 Å². The number of aryl methyl sites for hydroxylation is 1. The van der Waals surface area contributed by atoms with Crippen molar-refractivity contribution in [3.63, 3.8) is 0 Å². The normalized spacial score (nSPS) is 15.6. The molecule has 1 aliphatic rings. The molecule has 5 rings (SSSR count). The molecule has 1 aliphatic heterocycles. The van der Waals surface area contributed by atoms with E-state index in [0.29, 0.717) is 22.5 Å². The van der Waals surface area contributed by atoms with E-state index in [0.717, 1.165) is 55.6 Å². The topological polar surface area (TPSA) is 75.9 Å². The van der Waals surface area contributed by atoms with E-state index in [2.05, 4.69) is 25.2 Å². The first-order valence-corrected chi connectivity index (χ1v) is 12.3. The first-order valence-electron chi connectivity index (χ1n) is 12.3. The molecule has 1 fully saturated rings. The fourth-order valence-corrected chi connectivity index (χ4v) is 4.92. The van der Waals surface area contributed by atoms with Gasteiger partial charge in [-0.05, 0) is 68.2 Å². The van der Waals surface area contributed by atoms with Crippen molar-refractivity contribution in [2.24, 2.45) is 0 Å². The van der Waals surface area contributed by atoms with E-state index >= 15 is 0 Å². The highest BCUT2D eigenvalue weighted by molar-refractivity contribution is 6.07. The Balaban J connectivity index is 1.44. The van der Waals surface area contributed by atoms with Gasteiger partial charge >= 0.3 is 6.18 Å². The third-order valence-corrected chi connectivity index (χ3v) is 6.82. The van der Waals surface area contributed by atoms with Crippen molar-refractivity contribution in [2.75, 3.05) is 19.6 Å². The Kier molecular flexibility index (Phi) is 6.92. The Labute approximate surface area is 212 Å². The van der Waals surface area contributed by atoms with Crippen molar-refractivity contribution in [2.45, 2.75) is 38.4 Å². The number of hydrogen-bond donors (Lipinski definition) is 1. The minimum absolute atomic E-state index is 0.239. The van der Waals surface area contributed by atoms with Crippen LogP contribution in [0.2, 0.25) is 0 Å². The molecule has 37 heavy (non-hydrogen) atoms. The van der Waals surface area contributed by atoms with Crippen LogP contribution in [0.5, 0.6) is 0 Å². The molecule has 0 radical (unpaired) electrons. The van der Waals surface area contributed by atoms with Gasteiger partial charge in [0.05, 0.1) is 17.2 Å². The number of nitrogens with zero attached hydrogens (tertiary/aromatic N) is 5. The molecule has 4 heterocycles. The Morgan fingerprint density at radius 1 is 1.00 bits per heavy atom. The first kappa shape index (κ1) is 24.9. The van der Waals surface area contributed by atoms with E-state index in [1.807, 2.05) is 13.0 Å². The molecule has 3 aromatic heterocycles. The maximum Gasteiger partial charge on any atom is 0.416 e. The van der Waals surface area contributed by atoms with Gasteiger partial charge < -0.3 is 5.32 Å². The van der Waals surface area contributed by atoms with Crippen LogP contribution in [0, 0.1) is 6.92 Å². The van der Waals surface area contributed by atoms with Gasteiger partial charge in [-0.2, -0.15) is 13.2 Å². The van der Waals surface area contributed by atoms with Crippen LogP contribution in [0.3, 0.4) is 0 Å². The number of hydrogen-bond acceptors (Lipinski definition) is 5. The molecule has 1 saturated heterocycles. The predicted molar refractivity (Wildman–Crippen MR) is 133 cm³/mol. The number of likely N-dealkylation sites (tertiary alicyclic amines) is 1. The lowest BCUT2D eigenvalue weighted by atomic mass is 10.00. The molecule has 1 aromatic carbocycles. The largest absolute Gasteiger partial charge is 0.416 e. The molecule has 0 saturated carbocycles. The molecule has 1 N–H and O–H groups in total. The van der Waals surface area contributed by atoms with Crippen LogP contribution in [0.1, 0.15) is 52.4 Å². The van der Waals surface area contributed by atoms with Crippen LogP contribution in [-0.4, -0.2) is 50.0 Å². The summed E-state index contributed by atoms with van der Waals surface area (Å²) in [6.07, 6.45) is 5.36. The van der Waals surface area contributed by atoms with Gasteiger partial charge in [0, 0.05) is 36.7 Å². The summed E-state index contributed by atoms with van der Waals surface area (Å²) in [6.45, 7) is 3.83. The van der Waals surface area contributed by atoms with E-state index in [1.165, 1.54) is 12.1 Å². The fraction of sp³-hybridized carbons (Fsp3) is 0.333. The fourth-order valence-electron chi connectivity index (χ4n) is 4.92. The van der Waals surface area contributed by atoms with Crippen molar-refractivity contribution < 1.29 is 18.0 Å². The van der Waals surface area contributed by atoms with Crippen LogP contribution in [-0.2, 0) is 6.18 Å². The average Bonchev–Trinajstić information content (AvgIpc) is 3.31. The maximum atomic E-state index is 13.5. The quantitative estimate of drug-likeness (QED) is 0.392. The number of nitrogens with one attached hydrogen (secondary N) is 1. The zero-order chi connectivity index (χ0) is 26.0. The summed E-state index contributed by atoms with van der Waals surface area (Å²) < 4.78 is 41.0. The summed E-state index contributed by atoms with van der Waals surface area (Å²) in [6, 6.07) is 8.56. The molecule has 1 atom stereocenters. The van der Waals surface area contributed by atoms with Crippen LogP contribution in [0.15, 0.2) is 61.2 Å². The van der Waals surface area contributed by atoms with Crippen LogP contribution in [0.4, 0.5) is 13.2 Å². The standard InChI is InChI=1S/C27H27F3N6O/c1-18-10-13-31-24-23(18)21(17-36(24)26-32-11-5-12-33-26)25(37)34-16-22(35-14-3-2-4-15-35)19-6-8-20(9-7-19)27(28,29)30/h5-13,17,22H,2-4,14-16H2,1H3,(H,34,37). The summed E-state index contributed by atoms with van der Waals surface area (Å²) in [5.74, 6) is 0.116. The second kappa shape index (κ2) is 10.3. The van der Waals surface area contributed by atoms with Gasteiger partial charge in [0.2, 0.25) is 5.95 Å². The van der Waals surface area contributed by atoms with Gasteiger partial charge in [-0.15, -0.1) is 0 Å². The average molecular weight is 509 g/mol. The third kappa shape index (κ3) is 5.20. The van der Waals surface area contributed by atoms with E-state index < -0.39 is 11.7 Å². The summed E-state index contributed by atoms with van der Waals surface area (Å²) in [5, 5.41) is 3.74. The minimum atomic E-state index is -4.39. The number of halogens is 3. The number of pyridine rings is 1. The molecule has 1 amide bonds. The van der Waals surface area contributed by atoms with Gasteiger partial charge in [0.15, 0.2) is 0 Å². The summed E-state index contributed by atoms with van der Waals surface area (Å²) >= 11 is 0. The highest BCUT2D eigenvalue weighted by atomic mass is 19.4. The highest BCUT2D eigenvalue weighted by Gasteiger charge is 2.31.